The number of ether oxygens (including phenoxy) is 2. The summed E-state index contributed by atoms with van der Waals surface area (Å²) < 4.78 is 9.73. The zero-order valence-electron chi connectivity index (χ0n) is 10.9. The van der Waals surface area contributed by atoms with Crippen molar-refractivity contribution in [2.75, 3.05) is 0 Å². The molecule has 0 bridgehead atoms. The highest BCUT2D eigenvalue weighted by atomic mass is 16.8. The van der Waals surface area contributed by atoms with Crippen molar-refractivity contribution in [1.82, 2.24) is 0 Å². The molecular formula is C12H20O7. The minimum Gasteiger partial charge on any atom is -0.414 e. The van der Waals surface area contributed by atoms with Crippen LogP contribution in [0, 0.1) is 0 Å². The van der Waals surface area contributed by atoms with E-state index in [2.05, 4.69) is 0 Å². The standard InChI is InChI=1S/C12H20O7/c1-2-3-8-11(12(15,16)17)18-9(13)6-4-5-7-10(14)19-11/h15-17H,2-8H2,1H3. The second-order valence-electron chi connectivity index (χ2n) is 4.65. The molecule has 19 heavy (non-hydrogen) atoms. The zero-order chi connectivity index (χ0) is 14.5. The highest BCUT2D eigenvalue weighted by Crippen LogP contribution is 2.32. The molecule has 0 amide bonds. The van der Waals surface area contributed by atoms with Crippen LogP contribution in [0.4, 0.5) is 0 Å². The summed E-state index contributed by atoms with van der Waals surface area (Å²) in [5.41, 5.74) is 0. The van der Waals surface area contributed by atoms with Crippen LogP contribution in [-0.2, 0) is 19.1 Å². The number of hydrogen-bond acceptors (Lipinski definition) is 7. The van der Waals surface area contributed by atoms with Gasteiger partial charge in [-0.1, -0.05) is 13.3 Å². The first-order valence-electron chi connectivity index (χ1n) is 6.41. The van der Waals surface area contributed by atoms with E-state index in [1.54, 1.807) is 0 Å². The van der Waals surface area contributed by atoms with Crippen LogP contribution in [0.15, 0.2) is 0 Å². The molecule has 1 fully saturated rings. The van der Waals surface area contributed by atoms with Crippen molar-refractivity contribution in [3.63, 3.8) is 0 Å². The lowest BCUT2D eigenvalue weighted by Gasteiger charge is -2.37. The van der Waals surface area contributed by atoms with Crippen LogP contribution in [0.25, 0.3) is 0 Å². The molecule has 1 saturated heterocycles. The van der Waals surface area contributed by atoms with E-state index >= 15 is 0 Å². The quantitative estimate of drug-likeness (QED) is 0.495. The smallest absolute Gasteiger partial charge is 0.357 e. The number of hydrogen-bond donors (Lipinski definition) is 3. The summed E-state index contributed by atoms with van der Waals surface area (Å²) in [4.78, 5) is 23.1. The Labute approximate surface area is 111 Å². The lowest BCUT2D eigenvalue weighted by atomic mass is 10.1. The van der Waals surface area contributed by atoms with Gasteiger partial charge >= 0.3 is 23.7 Å². The summed E-state index contributed by atoms with van der Waals surface area (Å²) in [6.45, 7) is 1.82. The van der Waals surface area contributed by atoms with Crippen molar-refractivity contribution in [2.45, 2.75) is 63.6 Å². The van der Waals surface area contributed by atoms with Crippen molar-refractivity contribution < 1.29 is 34.4 Å². The van der Waals surface area contributed by atoms with Crippen LogP contribution in [-0.4, -0.2) is 39.0 Å². The summed E-state index contributed by atoms with van der Waals surface area (Å²) in [6, 6.07) is 0. The lowest BCUT2D eigenvalue weighted by Crippen LogP contribution is -2.59. The molecule has 110 valence electrons. The van der Waals surface area contributed by atoms with E-state index in [1.165, 1.54) is 0 Å². The van der Waals surface area contributed by atoms with Gasteiger partial charge in [-0.3, -0.25) is 9.59 Å². The zero-order valence-corrected chi connectivity index (χ0v) is 10.9. The first-order valence-corrected chi connectivity index (χ1v) is 6.41. The van der Waals surface area contributed by atoms with Gasteiger partial charge in [-0.15, -0.1) is 0 Å². The average Bonchev–Trinajstić information content (AvgIpc) is 2.36. The maximum absolute atomic E-state index is 11.6. The molecule has 7 heteroatoms. The van der Waals surface area contributed by atoms with Gasteiger partial charge in [0.2, 0.25) is 0 Å². The molecule has 0 saturated carbocycles. The van der Waals surface area contributed by atoms with Gasteiger partial charge in [-0.05, 0) is 19.3 Å². The maximum atomic E-state index is 11.6. The van der Waals surface area contributed by atoms with Crippen LogP contribution in [0.1, 0.15) is 51.9 Å². The second-order valence-corrected chi connectivity index (χ2v) is 4.65. The predicted octanol–water partition coefficient (Wildman–Crippen LogP) is 0.164. The second kappa shape index (κ2) is 6.31. The summed E-state index contributed by atoms with van der Waals surface area (Å²) in [7, 11) is 0. The number of carbonyl (C=O) groups excluding carboxylic acids is 2. The van der Waals surface area contributed by atoms with Gasteiger partial charge in [0.1, 0.15) is 0 Å². The number of carbonyl (C=O) groups is 2. The predicted molar refractivity (Wildman–Crippen MR) is 62.3 cm³/mol. The van der Waals surface area contributed by atoms with Gasteiger partial charge in [-0.25, -0.2) is 0 Å². The van der Waals surface area contributed by atoms with E-state index in [0.717, 1.165) is 0 Å². The third-order valence-electron chi connectivity index (χ3n) is 2.94. The highest BCUT2D eigenvalue weighted by molar-refractivity contribution is 5.73. The largest absolute Gasteiger partial charge is 0.414 e. The number of esters is 2. The van der Waals surface area contributed by atoms with Crippen LogP contribution in [0.5, 0.6) is 0 Å². The summed E-state index contributed by atoms with van der Waals surface area (Å²) in [5.74, 6) is -7.38. The van der Waals surface area contributed by atoms with Crippen LogP contribution < -0.4 is 0 Å². The molecule has 0 radical (unpaired) electrons. The monoisotopic (exact) mass is 276 g/mol. The third-order valence-corrected chi connectivity index (χ3v) is 2.94. The number of rotatable bonds is 4. The normalized spacial score (nSPS) is 20.8. The van der Waals surface area contributed by atoms with E-state index in [4.69, 9.17) is 9.47 Å². The average molecular weight is 276 g/mol. The minimum absolute atomic E-state index is 0.0284. The van der Waals surface area contributed by atoms with Crippen LogP contribution in [0.2, 0.25) is 0 Å². The Bertz CT molecular complexity index is 311. The number of unbranched alkanes of at least 4 members (excludes halogenated alkanes) is 1. The molecule has 1 aliphatic heterocycles. The van der Waals surface area contributed by atoms with Gasteiger partial charge in [0.15, 0.2) is 0 Å². The molecule has 0 aromatic rings. The Kier molecular flexibility index (Phi) is 5.28. The molecule has 0 spiro atoms. The first kappa shape index (κ1) is 15.9. The Morgan fingerprint density at radius 1 is 1.11 bits per heavy atom. The molecule has 1 rings (SSSR count). The van der Waals surface area contributed by atoms with Crippen molar-refractivity contribution in [3.8, 4) is 0 Å². The molecule has 1 heterocycles. The summed E-state index contributed by atoms with van der Waals surface area (Å²) in [6.07, 6.45) is 1.75. The molecule has 0 unspecified atom stereocenters. The van der Waals surface area contributed by atoms with Crippen LogP contribution >= 0.6 is 0 Å². The maximum Gasteiger partial charge on any atom is 0.357 e. The van der Waals surface area contributed by atoms with E-state index in [-0.39, 0.29) is 19.3 Å². The van der Waals surface area contributed by atoms with Crippen molar-refractivity contribution in [1.29, 1.82) is 0 Å². The molecule has 0 atom stereocenters. The Balaban J connectivity index is 3.04. The Morgan fingerprint density at radius 3 is 1.95 bits per heavy atom. The van der Waals surface area contributed by atoms with Crippen LogP contribution in [0.3, 0.4) is 0 Å². The first-order chi connectivity index (χ1) is 8.81. The fraction of sp³-hybridized carbons (Fsp3) is 0.833. The van der Waals surface area contributed by atoms with Crippen molar-refractivity contribution in [2.24, 2.45) is 0 Å². The van der Waals surface area contributed by atoms with Gasteiger partial charge in [0.05, 0.1) is 0 Å². The molecule has 1 aliphatic rings. The van der Waals surface area contributed by atoms with E-state index < -0.39 is 23.7 Å². The van der Waals surface area contributed by atoms with Crippen molar-refractivity contribution >= 4 is 11.9 Å². The van der Waals surface area contributed by atoms with E-state index in [1.807, 2.05) is 6.92 Å². The SMILES string of the molecule is CCCCC1(C(O)(O)O)OC(=O)CCCCC(=O)O1. The summed E-state index contributed by atoms with van der Waals surface area (Å²) in [5, 5.41) is 28.3. The Hall–Kier alpha value is -1.18. The molecule has 0 aromatic heterocycles. The van der Waals surface area contributed by atoms with Gasteiger partial charge in [0, 0.05) is 19.3 Å². The van der Waals surface area contributed by atoms with E-state index in [0.29, 0.717) is 25.7 Å². The highest BCUT2D eigenvalue weighted by Gasteiger charge is 2.56. The Morgan fingerprint density at radius 2 is 1.58 bits per heavy atom. The fourth-order valence-corrected chi connectivity index (χ4v) is 1.85. The minimum atomic E-state index is -3.43. The van der Waals surface area contributed by atoms with Gasteiger partial charge in [0.25, 0.3) is 0 Å². The molecular weight excluding hydrogens is 256 g/mol. The fourth-order valence-electron chi connectivity index (χ4n) is 1.85. The van der Waals surface area contributed by atoms with Gasteiger partial charge < -0.3 is 24.8 Å². The topological polar surface area (TPSA) is 113 Å². The summed E-state index contributed by atoms with van der Waals surface area (Å²) >= 11 is 0. The molecule has 0 aliphatic carbocycles. The third kappa shape index (κ3) is 4.15. The molecule has 7 nitrogen and oxygen atoms in total. The van der Waals surface area contributed by atoms with Crippen molar-refractivity contribution in [3.05, 3.63) is 0 Å². The number of cyclic esters (lactones) is 2. The molecule has 0 aromatic carbocycles. The van der Waals surface area contributed by atoms with Gasteiger partial charge in [-0.2, -0.15) is 0 Å². The lowest BCUT2D eigenvalue weighted by molar-refractivity contribution is -0.446. The number of aliphatic hydroxyl groups is 3. The molecule has 3 N–H and O–H groups in total. The van der Waals surface area contributed by atoms with E-state index in [9.17, 15) is 24.9 Å².